The fourth-order valence-corrected chi connectivity index (χ4v) is 2.90. The molecular weight excluding hydrogens is 198 g/mol. The lowest BCUT2D eigenvalue weighted by Crippen LogP contribution is -2.31. The monoisotopic (exact) mass is 221 g/mol. The van der Waals surface area contributed by atoms with Gasteiger partial charge in [-0.3, -0.25) is 4.68 Å². The minimum atomic E-state index is 0.323. The fourth-order valence-electron chi connectivity index (χ4n) is 2.90. The van der Waals surface area contributed by atoms with E-state index in [1.54, 1.807) is 0 Å². The molecule has 2 N–H and O–H groups in total. The van der Waals surface area contributed by atoms with E-state index in [-0.39, 0.29) is 0 Å². The van der Waals surface area contributed by atoms with Crippen LogP contribution in [0.3, 0.4) is 0 Å². The second-order valence-corrected chi connectivity index (χ2v) is 5.19. The predicted molar refractivity (Wildman–Crippen MR) is 66.3 cm³/mol. The van der Waals surface area contributed by atoms with Gasteiger partial charge in [0.15, 0.2) is 0 Å². The van der Waals surface area contributed by atoms with Crippen molar-refractivity contribution in [2.75, 3.05) is 0 Å². The second kappa shape index (κ2) is 4.58. The molecule has 0 saturated heterocycles. The molecule has 0 bridgehead atoms. The molecule has 0 amide bonds. The molecule has 1 aliphatic carbocycles. The summed E-state index contributed by atoms with van der Waals surface area (Å²) in [6.07, 6.45) is 6.36. The first-order valence-electron chi connectivity index (χ1n) is 6.34. The van der Waals surface area contributed by atoms with Crippen LogP contribution in [-0.2, 0) is 13.5 Å². The van der Waals surface area contributed by atoms with Crippen molar-refractivity contribution in [2.45, 2.75) is 52.0 Å². The Bertz CT molecular complexity index is 361. The SMILES string of the molecule is Cc1nn(C)c(C)c1CC(N)C1CCCC1. The average molecular weight is 221 g/mol. The van der Waals surface area contributed by atoms with E-state index in [9.17, 15) is 0 Å². The molecule has 1 aromatic rings. The van der Waals surface area contributed by atoms with Gasteiger partial charge in [0.25, 0.3) is 0 Å². The van der Waals surface area contributed by atoms with Crippen LogP contribution in [0.2, 0.25) is 0 Å². The predicted octanol–water partition coefficient (Wildman–Crippen LogP) is 2.10. The second-order valence-electron chi connectivity index (χ2n) is 5.19. The van der Waals surface area contributed by atoms with Crippen LogP contribution in [0.15, 0.2) is 0 Å². The van der Waals surface area contributed by atoms with Gasteiger partial charge in [-0.1, -0.05) is 12.8 Å². The number of hydrogen-bond donors (Lipinski definition) is 1. The van der Waals surface area contributed by atoms with Crippen LogP contribution in [-0.4, -0.2) is 15.8 Å². The highest BCUT2D eigenvalue weighted by molar-refractivity contribution is 5.25. The van der Waals surface area contributed by atoms with Gasteiger partial charge in [-0.2, -0.15) is 5.10 Å². The van der Waals surface area contributed by atoms with Crippen molar-refractivity contribution in [1.29, 1.82) is 0 Å². The zero-order valence-electron chi connectivity index (χ0n) is 10.7. The number of aryl methyl sites for hydroxylation is 2. The maximum atomic E-state index is 6.32. The number of nitrogens with zero attached hydrogens (tertiary/aromatic N) is 2. The summed E-state index contributed by atoms with van der Waals surface area (Å²) in [5, 5.41) is 4.45. The van der Waals surface area contributed by atoms with Gasteiger partial charge < -0.3 is 5.73 Å². The molecule has 2 rings (SSSR count). The number of hydrogen-bond acceptors (Lipinski definition) is 2. The van der Waals surface area contributed by atoms with Crippen LogP contribution in [0.1, 0.15) is 42.6 Å². The molecule has 3 nitrogen and oxygen atoms in total. The number of nitrogens with two attached hydrogens (primary N) is 1. The molecule has 1 unspecified atom stereocenters. The summed E-state index contributed by atoms with van der Waals surface area (Å²) in [6, 6.07) is 0.323. The quantitative estimate of drug-likeness (QED) is 0.849. The maximum absolute atomic E-state index is 6.32. The zero-order chi connectivity index (χ0) is 11.7. The third-order valence-electron chi connectivity index (χ3n) is 4.10. The lowest BCUT2D eigenvalue weighted by Gasteiger charge is -2.18. The van der Waals surface area contributed by atoms with E-state index in [0.29, 0.717) is 6.04 Å². The normalized spacial score (nSPS) is 19.2. The molecule has 1 aliphatic rings. The minimum absolute atomic E-state index is 0.323. The van der Waals surface area contributed by atoms with Crippen molar-refractivity contribution in [3.63, 3.8) is 0 Å². The summed E-state index contributed by atoms with van der Waals surface area (Å²) in [5.41, 5.74) is 10.1. The van der Waals surface area contributed by atoms with Gasteiger partial charge in [0.05, 0.1) is 5.69 Å². The Kier molecular flexibility index (Phi) is 3.33. The zero-order valence-corrected chi connectivity index (χ0v) is 10.7. The van der Waals surface area contributed by atoms with Gasteiger partial charge in [0.1, 0.15) is 0 Å². The van der Waals surface area contributed by atoms with Crippen molar-refractivity contribution in [3.8, 4) is 0 Å². The van der Waals surface area contributed by atoms with Crippen LogP contribution in [0.4, 0.5) is 0 Å². The van der Waals surface area contributed by atoms with Crippen LogP contribution in [0.25, 0.3) is 0 Å². The van der Waals surface area contributed by atoms with Gasteiger partial charge in [-0.05, 0) is 44.6 Å². The van der Waals surface area contributed by atoms with Gasteiger partial charge in [-0.15, -0.1) is 0 Å². The summed E-state index contributed by atoms with van der Waals surface area (Å²) in [4.78, 5) is 0. The van der Waals surface area contributed by atoms with E-state index >= 15 is 0 Å². The molecule has 1 saturated carbocycles. The van der Waals surface area contributed by atoms with Gasteiger partial charge >= 0.3 is 0 Å². The lowest BCUT2D eigenvalue weighted by atomic mass is 9.92. The van der Waals surface area contributed by atoms with E-state index in [1.807, 2.05) is 11.7 Å². The average Bonchev–Trinajstić information content (AvgIpc) is 2.83. The smallest absolute Gasteiger partial charge is 0.0628 e. The summed E-state index contributed by atoms with van der Waals surface area (Å²) in [5.74, 6) is 0.735. The molecule has 0 spiro atoms. The van der Waals surface area contributed by atoms with Crippen molar-refractivity contribution in [3.05, 3.63) is 17.0 Å². The molecule has 1 heterocycles. The summed E-state index contributed by atoms with van der Waals surface area (Å²) in [6.45, 7) is 4.22. The summed E-state index contributed by atoms with van der Waals surface area (Å²) < 4.78 is 1.96. The molecule has 1 aromatic heterocycles. The van der Waals surface area contributed by atoms with E-state index in [1.165, 1.54) is 36.9 Å². The third-order valence-corrected chi connectivity index (χ3v) is 4.10. The first-order chi connectivity index (χ1) is 7.59. The van der Waals surface area contributed by atoms with Gasteiger partial charge in [0, 0.05) is 18.8 Å². The molecule has 1 atom stereocenters. The van der Waals surface area contributed by atoms with Crippen molar-refractivity contribution < 1.29 is 0 Å². The Morgan fingerprint density at radius 3 is 2.50 bits per heavy atom. The van der Waals surface area contributed by atoms with Crippen LogP contribution in [0, 0.1) is 19.8 Å². The van der Waals surface area contributed by atoms with Crippen LogP contribution in [0.5, 0.6) is 0 Å². The van der Waals surface area contributed by atoms with Crippen molar-refractivity contribution in [1.82, 2.24) is 9.78 Å². The third kappa shape index (κ3) is 2.14. The molecule has 3 heteroatoms. The molecule has 0 aromatic carbocycles. The van der Waals surface area contributed by atoms with Crippen molar-refractivity contribution in [2.24, 2.45) is 18.7 Å². The molecule has 1 fully saturated rings. The summed E-state index contributed by atoms with van der Waals surface area (Å²) >= 11 is 0. The minimum Gasteiger partial charge on any atom is -0.327 e. The summed E-state index contributed by atoms with van der Waals surface area (Å²) in [7, 11) is 2.01. The van der Waals surface area contributed by atoms with E-state index in [0.717, 1.165) is 18.0 Å². The highest BCUT2D eigenvalue weighted by Crippen LogP contribution is 2.29. The van der Waals surface area contributed by atoms with Gasteiger partial charge in [-0.25, -0.2) is 0 Å². The largest absolute Gasteiger partial charge is 0.327 e. The van der Waals surface area contributed by atoms with E-state index in [4.69, 9.17) is 5.73 Å². The number of aromatic nitrogens is 2. The Morgan fingerprint density at radius 2 is 2.00 bits per heavy atom. The highest BCUT2D eigenvalue weighted by Gasteiger charge is 2.23. The van der Waals surface area contributed by atoms with Gasteiger partial charge in [0.2, 0.25) is 0 Å². The molecule has 0 aliphatic heterocycles. The van der Waals surface area contributed by atoms with Crippen LogP contribution < -0.4 is 5.73 Å². The highest BCUT2D eigenvalue weighted by atomic mass is 15.3. The van der Waals surface area contributed by atoms with E-state index < -0.39 is 0 Å². The van der Waals surface area contributed by atoms with Crippen LogP contribution >= 0.6 is 0 Å². The maximum Gasteiger partial charge on any atom is 0.0628 e. The molecule has 0 radical (unpaired) electrons. The Balaban J connectivity index is 2.07. The van der Waals surface area contributed by atoms with E-state index in [2.05, 4.69) is 18.9 Å². The van der Waals surface area contributed by atoms with Crippen molar-refractivity contribution >= 4 is 0 Å². The number of rotatable bonds is 3. The molecule has 90 valence electrons. The lowest BCUT2D eigenvalue weighted by molar-refractivity contribution is 0.428. The molecule has 16 heavy (non-hydrogen) atoms. The Morgan fingerprint density at radius 1 is 1.38 bits per heavy atom. The topological polar surface area (TPSA) is 43.8 Å². The Hall–Kier alpha value is -0.830. The first kappa shape index (κ1) is 11.6. The Labute approximate surface area is 98.0 Å². The fraction of sp³-hybridized carbons (Fsp3) is 0.769. The first-order valence-corrected chi connectivity index (χ1v) is 6.34. The standard InChI is InChI=1S/C13H23N3/c1-9-12(10(2)16(3)15-9)8-13(14)11-6-4-5-7-11/h11,13H,4-8,14H2,1-3H3. The molecular formula is C13H23N3.